The van der Waals surface area contributed by atoms with Crippen LogP contribution in [0.2, 0.25) is 5.15 Å². The Bertz CT molecular complexity index is 749. The van der Waals surface area contributed by atoms with E-state index >= 15 is 0 Å². The average molecular weight is 520 g/mol. The van der Waals surface area contributed by atoms with Crippen molar-refractivity contribution in [2.45, 2.75) is 26.7 Å². The van der Waals surface area contributed by atoms with Crippen LogP contribution < -0.4 is 16.0 Å². The summed E-state index contributed by atoms with van der Waals surface area (Å²) in [4.78, 5) is 20.5. The lowest BCUT2D eigenvalue weighted by atomic mass is 10.2. The molecule has 0 spiro atoms. The van der Waals surface area contributed by atoms with Crippen molar-refractivity contribution in [3.05, 3.63) is 52.7 Å². The lowest BCUT2D eigenvalue weighted by Crippen LogP contribution is -2.38. The Kier molecular flexibility index (Phi) is 11.6. The van der Waals surface area contributed by atoms with Crippen molar-refractivity contribution in [2.24, 2.45) is 4.99 Å². The third-order valence-corrected chi connectivity index (χ3v) is 4.02. The van der Waals surface area contributed by atoms with Crippen molar-refractivity contribution in [2.75, 3.05) is 26.2 Å². The van der Waals surface area contributed by atoms with Gasteiger partial charge >= 0.3 is 0 Å². The maximum Gasteiger partial charge on any atom is 0.287 e. The molecule has 2 rings (SSSR count). The number of guanidine groups is 1. The van der Waals surface area contributed by atoms with E-state index < -0.39 is 0 Å². The van der Waals surface area contributed by atoms with Gasteiger partial charge in [-0.2, -0.15) is 0 Å². The molecule has 0 aromatic carbocycles. The second-order valence-corrected chi connectivity index (χ2v) is 6.36. The van der Waals surface area contributed by atoms with Gasteiger partial charge in [-0.3, -0.25) is 9.79 Å². The molecular weight excluding hydrogens is 493 g/mol. The van der Waals surface area contributed by atoms with Gasteiger partial charge in [0.2, 0.25) is 0 Å². The standard InChI is InChI=1S/C19H26ClN5O2.HI/c1-3-21-19(24-11-7-15-5-6-16(20)25-13-15)23-10-4-9-22-18(26)17-14(2)8-12-27-17;/h5-6,8,12-13H,3-4,7,9-11H2,1-2H3,(H,22,26)(H2,21,23,24);1H. The molecule has 0 aliphatic heterocycles. The zero-order valence-corrected chi connectivity index (χ0v) is 19.2. The molecule has 2 aromatic heterocycles. The van der Waals surface area contributed by atoms with Crippen molar-refractivity contribution >= 4 is 47.4 Å². The van der Waals surface area contributed by atoms with Crippen molar-refractivity contribution in [1.82, 2.24) is 20.9 Å². The molecule has 2 heterocycles. The fourth-order valence-electron chi connectivity index (χ4n) is 2.38. The van der Waals surface area contributed by atoms with Gasteiger partial charge in [-0.25, -0.2) is 4.98 Å². The predicted molar refractivity (Wildman–Crippen MR) is 123 cm³/mol. The van der Waals surface area contributed by atoms with E-state index in [1.807, 2.05) is 19.9 Å². The quantitative estimate of drug-likeness (QED) is 0.156. The van der Waals surface area contributed by atoms with Gasteiger partial charge in [0.25, 0.3) is 5.91 Å². The summed E-state index contributed by atoms with van der Waals surface area (Å²) in [5.41, 5.74) is 1.94. The smallest absolute Gasteiger partial charge is 0.287 e. The Morgan fingerprint density at radius 3 is 2.68 bits per heavy atom. The van der Waals surface area contributed by atoms with Gasteiger partial charge in [-0.15, -0.1) is 24.0 Å². The molecule has 0 bridgehead atoms. The van der Waals surface area contributed by atoms with Crippen LogP contribution in [0.3, 0.4) is 0 Å². The van der Waals surface area contributed by atoms with Crippen LogP contribution in [0.1, 0.15) is 35.0 Å². The summed E-state index contributed by atoms with van der Waals surface area (Å²) in [6, 6.07) is 5.52. The number of carbonyl (C=O) groups excluding carboxylic acids is 1. The van der Waals surface area contributed by atoms with Crippen LogP contribution in [-0.2, 0) is 6.42 Å². The van der Waals surface area contributed by atoms with Crippen LogP contribution in [0.15, 0.2) is 40.1 Å². The number of amides is 1. The zero-order chi connectivity index (χ0) is 19.5. The summed E-state index contributed by atoms with van der Waals surface area (Å²) in [5.74, 6) is 0.931. The molecule has 9 heteroatoms. The highest BCUT2D eigenvalue weighted by atomic mass is 127. The average Bonchev–Trinajstić information content (AvgIpc) is 3.09. The highest BCUT2D eigenvalue weighted by Gasteiger charge is 2.11. The molecule has 0 saturated carbocycles. The lowest BCUT2D eigenvalue weighted by Gasteiger charge is -2.11. The molecule has 154 valence electrons. The fraction of sp³-hybridized carbons (Fsp3) is 0.421. The number of furan rings is 1. The number of aryl methyl sites for hydroxylation is 1. The minimum atomic E-state index is -0.192. The number of carbonyl (C=O) groups is 1. The summed E-state index contributed by atoms with van der Waals surface area (Å²) in [6.07, 6.45) is 4.86. The molecule has 3 N–H and O–H groups in total. The molecule has 1 amide bonds. The summed E-state index contributed by atoms with van der Waals surface area (Å²) in [5, 5.41) is 9.83. The second kappa shape index (κ2) is 13.4. The van der Waals surface area contributed by atoms with Crippen molar-refractivity contribution < 1.29 is 9.21 Å². The first-order chi connectivity index (χ1) is 13.1. The molecule has 28 heavy (non-hydrogen) atoms. The van der Waals surface area contributed by atoms with Crippen LogP contribution in [0.4, 0.5) is 0 Å². The maximum atomic E-state index is 11.9. The van der Waals surface area contributed by atoms with Crippen LogP contribution in [0, 0.1) is 6.92 Å². The second-order valence-electron chi connectivity index (χ2n) is 5.97. The summed E-state index contributed by atoms with van der Waals surface area (Å²) in [7, 11) is 0. The number of halogens is 2. The Hall–Kier alpha value is -1.81. The van der Waals surface area contributed by atoms with Gasteiger partial charge in [0.05, 0.1) is 6.26 Å². The molecule has 0 aliphatic rings. The SMILES string of the molecule is CCNC(=NCCCNC(=O)c1occc1C)NCCc1ccc(Cl)nc1.I. The Labute approximate surface area is 187 Å². The van der Waals surface area contributed by atoms with E-state index in [1.165, 1.54) is 6.26 Å². The minimum absolute atomic E-state index is 0. The number of nitrogens with one attached hydrogen (secondary N) is 3. The number of pyridine rings is 1. The lowest BCUT2D eigenvalue weighted by molar-refractivity contribution is 0.0925. The van der Waals surface area contributed by atoms with Crippen LogP contribution in [-0.4, -0.2) is 43.0 Å². The fourth-order valence-corrected chi connectivity index (χ4v) is 2.49. The maximum absolute atomic E-state index is 11.9. The number of rotatable bonds is 9. The molecule has 0 atom stereocenters. The third-order valence-electron chi connectivity index (χ3n) is 3.80. The van der Waals surface area contributed by atoms with Crippen LogP contribution >= 0.6 is 35.6 Å². The molecule has 0 unspecified atom stereocenters. The first-order valence-electron chi connectivity index (χ1n) is 9.05. The van der Waals surface area contributed by atoms with Gasteiger partial charge in [0.15, 0.2) is 11.7 Å². The highest BCUT2D eigenvalue weighted by Crippen LogP contribution is 2.08. The Morgan fingerprint density at radius 2 is 2.04 bits per heavy atom. The normalized spacial score (nSPS) is 10.9. The molecule has 0 saturated heterocycles. The molecule has 2 aromatic rings. The summed E-state index contributed by atoms with van der Waals surface area (Å²) in [6.45, 7) is 6.53. The molecule has 0 radical (unpaired) electrons. The Morgan fingerprint density at radius 1 is 1.21 bits per heavy atom. The number of aromatic nitrogens is 1. The molecule has 0 fully saturated rings. The number of hydrogen-bond acceptors (Lipinski definition) is 4. The van der Waals surface area contributed by atoms with Crippen LogP contribution in [0.25, 0.3) is 0 Å². The van der Waals surface area contributed by atoms with E-state index in [1.54, 1.807) is 18.3 Å². The van der Waals surface area contributed by atoms with Gasteiger partial charge in [-0.1, -0.05) is 17.7 Å². The Balaban J connectivity index is 0.00000392. The van der Waals surface area contributed by atoms with Gasteiger partial charge in [0.1, 0.15) is 5.15 Å². The highest BCUT2D eigenvalue weighted by molar-refractivity contribution is 14.0. The summed E-state index contributed by atoms with van der Waals surface area (Å²) >= 11 is 5.79. The van der Waals surface area contributed by atoms with E-state index in [4.69, 9.17) is 16.0 Å². The van der Waals surface area contributed by atoms with E-state index in [2.05, 4.69) is 25.9 Å². The number of hydrogen-bond donors (Lipinski definition) is 3. The predicted octanol–water partition coefficient (Wildman–Crippen LogP) is 3.17. The van der Waals surface area contributed by atoms with E-state index in [-0.39, 0.29) is 29.9 Å². The monoisotopic (exact) mass is 519 g/mol. The largest absolute Gasteiger partial charge is 0.459 e. The molecule has 0 aliphatic carbocycles. The van der Waals surface area contributed by atoms with Crippen molar-refractivity contribution in [3.8, 4) is 0 Å². The van der Waals surface area contributed by atoms with Crippen molar-refractivity contribution in [1.29, 1.82) is 0 Å². The van der Waals surface area contributed by atoms with E-state index in [0.29, 0.717) is 24.0 Å². The minimum Gasteiger partial charge on any atom is -0.459 e. The zero-order valence-electron chi connectivity index (χ0n) is 16.1. The third kappa shape index (κ3) is 8.47. The van der Waals surface area contributed by atoms with Gasteiger partial charge < -0.3 is 20.4 Å². The van der Waals surface area contributed by atoms with Crippen LogP contribution in [0.5, 0.6) is 0 Å². The molecular formula is C19H27ClIN5O2. The van der Waals surface area contributed by atoms with E-state index in [0.717, 1.165) is 43.0 Å². The number of aliphatic imine (C=N–C) groups is 1. The summed E-state index contributed by atoms with van der Waals surface area (Å²) < 4.78 is 5.17. The van der Waals surface area contributed by atoms with Crippen molar-refractivity contribution in [3.63, 3.8) is 0 Å². The van der Waals surface area contributed by atoms with E-state index in [9.17, 15) is 4.79 Å². The first-order valence-corrected chi connectivity index (χ1v) is 9.43. The first kappa shape index (κ1) is 24.2. The number of nitrogens with zero attached hydrogens (tertiary/aromatic N) is 2. The van der Waals surface area contributed by atoms with Gasteiger partial charge in [-0.05, 0) is 44.4 Å². The molecule has 7 nitrogen and oxygen atoms in total. The topological polar surface area (TPSA) is 91.5 Å². The van der Waals surface area contributed by atoms with Gasteiger partial charge in [0, 0.05) is 37.9 Å².